The molecule has 2 heterocycles. The molecule has 1 saturated carbocycles. The molecule has 1 aliphatic rings. The predicted octanol–water partition coefficient (Wildman–Crippen LogP) is 3.34. The molecule has 0 unspecified atom stereocenters. The summed E-state index contributed by atoms with van der Waals surface area (Å²) in [5.41, 5.74) is 7.00. The summed E-state index contributed by atoms with van der Waals surface area (Å²) < 4.78 is 40.0. The Morgan fingerprint density at radius 2 is 1.86 bits per heavy atom. The normalized spacial score (nSPS) is 15.6. The number of alkyl halides is 3. The van der Waals surface area contributed by atoms with Gasteiger partial charge in [0.05, 0.1) is 16.6 Å². The van der Waals surface area contributed by atoms with Crippen LogP contribution in [0.25, 0.3) is 11.0 Å². The van der Waals surface area contributed by atoms with E-state index in [4.69, 9.17) is 5.73 Å². The Morgan fingerprint density at radius 1 is 1.18 bits per heavy atom. The molecule has 0 atom stereocenters. The Bertz CT molecular complexity index is 1020. The van der Waals surface area contributed by atoms with E-state index in [1.54, 1.807) is 11.7 Å². The van der Waals surface area contributed by atoms with Crippen LogP contribution in [-0.2, 0) is 13.2 Å². The number of anilines is 3. The molecule has 0 bridgehead atoms. The Morgan fingerprint density at radius 3 is 2.46 bits per heavy atom. The summed E-state index contributed by atoms with van der Waals surface area (Å²) in [4.78, 5) is 9.02. The molecule has 1 aromatic carbocycles. The zero-order chi connectivity index (χ0) is 20.1. The molecule has 0 aliphatic heterocycles. The van der Waals surface area contributed by atoms with E-state index in [9.17, 15) is 13.2 Å². The number of nitrogens with two attached hydrogens (primary N) is 1. The van der Waals surface area contributed by atoms with Crippen LogP contribution in [0.5, 0.6) is 0 Å². The summed E-state index contributed by atoms with van der Waals surface area (Å²) in [5.74, 6) is 0.862. The number of hydrogen-bond donors (Lipinski definition) is 3. The first-order valence-electron chi connectivity index (χ1n) is 8.83. The average Bonchev–Trinajstić information content (AvgIpc) is 3.29. The molecule has 148 valence electrons. The van der Waals surface area contributed by atoms with Crippen LogP contribution in [0.4, 0.5) is 30.6 Å². The number of halogens is 3. The lowest BCUT2D eigenvalue weighted by Gasteiger charge is -2.13. The maximum absolute atomic E-state index is 12.8. The molecule has 0 spiro atoms. The molecule has 4 rings (SSSR count). The van der Waals surface area contributed by atoms with Gasteiger partial charge in [-0.05, 0) is 44.0 Å². The predicted molar refractivity (Wildman–Crippen MR) is 100 cm³/mol. The maximum atomic E-state index is 12.8. The van der Waals surface area contributed by atoms with Gasteiger partial charge in [-0.15, -0.1) is 0 Å². The lowest BCUT2D eigenvalue weighted by atomic mass is 10.2. The number of fused-ring (bicyclic) bond motifs is 1. The SMILES string of the molecule is Cc1nn(C)c2nc(NCC3(N)CC3)nc(Nc3ccc(C(F)(F)F)cc3)c12. The van der Waals surface area contributed by atoms with E-state index >= 15 is 0 Å². The van der Waals surface area contributed by atoms with Crippen molar-refractivity contribution in [3.63, 3.8) is 0 Å². The minimum absolute atomic E-state index is 0.221. The summed E-state index contributed by atoms with van der Waals surface area (Å²) in [6.45, 7) is 2.38. The Hall–Kier alpha value is -2.88. The Balaban J connectivity index is 1.68. The van der Waals surface area contributed by atoms with Crippen LogP contribution in [0, 0.1) is 6.92 Å². The molecule has 0 amide bonds. The van der Waals surface area contributed by atoms with Gasteiger partial charge in [0.15, 0.2) is 5.65 Å². The van der Waals surface area contributed by atoms with Crippen molar-refractivity contribution in [3.8, 4) is 0 Å². The van der Waals surface area contributed by atoms with E-state index in [0.717, 1.165) is 30.7 Å². The van der Waals surface area contributed by atoms with Gasteiger partial charge in [0.25, 0.3) is 0 Å². The quantitative estimate of drug-likeness (QED) is 0.618. The van der Waals surface area contributed by atoms with Crippen LogP contribution in [0.15, 0.2) is 24.3 Å². The number of rotatable bonds is 5. The van der Waals surface area contributed by atoms with E-state index in [2.05, 4.69) is 25.7 Å². The van der Waals surface area contributed by atoms with Crippen molar-refractivity contribution in [2.24, 2.45) is 12.8 Å². The lowest BCUT2D eigenvalue weighted by Crippen LogP contribution is -2.31. The number of aryl methyl sites for hydroxylation is 2. The van der Waals surface area contributed by atoms with Gasteiger partial charge >= 0.3 is 6.18 Å². The van der Waals surface area contributed by atoms with Crippen LogP contribution < -0.4 is 16.4 Å². The molecule has 0 saturated heterocycles. The highest BCUT2D eigenvalue weighted by Gasteiger charge is 2.38. The van der Waals surface area contributed by atoms with Crippen molar-refractivity contribution in [1.82, 2.24) is 19.7 Å². The lowest BCUT2D eigenvalue weighted by molar-refractivity contribution is -0.137. The zero-order valence-corrected chi connectivity index (χ0v) is 15.4. The summed E-state index contributed by atoms with van der Waals surface area (Å²) >= 11 is 0. The number of hydrogen-bond acceptors (Lipinski definition) is 6. The van der Waals surface area contributed by atoms with Crippen LogP contribution in [0.1, 0.15) is 24.1 Å². The molecule has 1 fully saturated rings. The molecule has 10 heteroatoms. The number of benzene rings is 1. The first-order chi connectivity index (χ1) is 13.1. The summed E-state index contributed by atoms with van der Waals surface area (Å²) in [6, 6.07) is 4.80. The number of nitrogens with one attached hydrogen (secondary N) is 2. The molecule has 4 N–H and O–H groups in total. The minimum Gasteiger partial charge on any atom is -0.352 e. The van der Waals surface area contributed by atoms with Gasteiger partial charge < -0.3 is 16.4 Å². The monoisotopic (exact) mass is 391 g/mol. The van der Waals surface area contributed by atoms with Gasteiger partial charge in [-0.1, -0.05) is 0 Å². The van der Waals surface area contributed by atoms with Crippen molar-refractivity contribution >= 4 is 28.5 Å². The van der Waals surface area contributed by atoms with Gasteiger partial charge in [0, 0.05) is 24.8 Å². The van der Waals surface area contributed by atoms with E-state index in [1.165, 1.54) is 12.1 Å². The van der Waals surface area contributed by atoms with Crippen molar-refractivity contribution in [2.75, 3.05) is 17.2 Å². The highest BCUT2D eigenvalue weighted by molar-refractivity contribution is 5.92. The highest BCUT2D eigenvalue weighted by atomic mass is 19.4. The van der Waals surface area contributed by atoms with Gasteiger partial charge in [0.2, 0.25) is 5.95 Å². The van der Waals surface area contributed by atoms with E-state index < -0.39 is 11.7 Å². The fraction of sp³-hybridized carbons (Fsp3) is 0.389. The number of aromatic nitrogens is 4. The molecule has 0 radical (unpaired) electrons. The summed E-state index contributed by atoms with van der Waals surface area (Å²) in [5, 5.41) is 11.3. The van der Waals surface area contributed by atoms with Gasteiger partial charge in [-0.25, -0.2) is 4.68 Å². The van der Waals surface area contributed by atoms with Crippen molar-refractivity contribution < 1.29 is 13.2 Å². The molecular formula is C18H20F3N7. The second-order valence-electron chi connectivity index (χ2n) is 7.22. The highest BCUT2D eigenvalue weighted by Crippen LogP contribution is 2.33. The molecule has 3 aromatic rings. The topological polar surface area (TPSA) is 93.7 Å². The second-order valence-corrected chi connectivity index (χ2v) is 7.22. The van der Waals surface area contributed by atoms with Gasteiger partial charge in [0.1, 0.15) is 5.82 Å². The molecule has 28 heavy (non-hydrogen) atoms. The third-order valence-electron chi connectivity index (χ3n) is 4.82. The van der Waals surface area contributed by atoms with Crippen LogP contribution >= 0.6 is 0 Å². The Kier molecular flexibility index (Phi) is 4.18. The first-order valence-corrected chi connectivity index (χ1v) is 8.83. The fourth-order valence-electron chi connectivity index (χ4n) is 2.98. The summed E-state index contributed by atoms with van der Waals surface area (Å²) in [7, 11) is 1.78. The van der Waals surface area contributed by atoms with Crippen LogP contribution in [0.2, 0.25) is 0 Å². The van der Waals surface area contributed by atoms with E-state index in [1.807, 2.05) is 6.92 Å². The Labute approximate surface area is 159 Å². The van der Waals surface area contributed by atoms with Gasteiger partial charge in [-0.3, -0.25) is 0 Å². The van der Waals surface area contributed by atoms with Crippen molar-refractivity contribution in [3.05, 3.63) is 35.5 Å². The first kappa shape index (κ1) is 18.5. The summed E-state index contributed by atoms with van der Waals surface area (Å²) in [6.07, 6.45) is -2.48. The van der Waals surface area contributed by atoms with Gasteiger partial charge in [-0.2, -0.15) is 28.2 Å². The van der Waals surface area contributed by atoms with Crippen LogP contribution in [-0.4, -0.2) is 31.8 Å². The molecule has 1 aliphatic carbocycles. The third kappa shape index (κ3) is 3.59. The zero-order valence-electron chi connectivity index (χ0n) is 15.4. The second kappa shape index (κ2) is 6.33. The molecule has 2 aromatic heterocycles. The maximum Gasteiger partial charge on any atom is 0.416 e. The van der Waals surface area contributed by atoms with Crippen molar-refractivity contribution in [2.45, 2.75) is 31.5 Å². The van der Waals surface area contributed by atoms with E-state index in [-0.39, 0.29) is 5.54 Å². The van der Waals surface area contributed by atoms with Crippen molar-refractivity contribution in [1.29, 1.82) is 0 Å². The minimum atomic E-state index is -4.38. The van der Waals surface area contributed by atoms with Crippen LogP contribution in [0.3, 0.4) is 0 Å². The number of nitrogens with zero attached hydrogens (tertiary/aromatic N) is 4. The van der Waals surface area contributed by atoms with E-state index in [0.29, 0.717) is 35.0 Å². The molecule has 7 nitrogen and oxygen atoms in total. The fourth-order valence-corrected chi connectivity index (χ4v) is 2.98. The molecular weight excluding hydrogens is 371 g/mol. The standard InChI is InChI=1S/C18H20F3N7/c1-10-13-14(24-12-5-3-11(4-6-12)18(19,20)21)25-16(23-9-17(22)7-8-17)26-15(13)28(2)27-10/h3-6H,7-9,22H2,1-2H3,(H2,23,24,25,26). The largest absolute Gasteiger partial charge is 0.416 e. The smallest absolute Gasteiger partial charge is 0.352 e. The third-order valence-corrected chi connectivity index (χ3v) is 4.82. The average molecular weight is 391 g/mol.